The summed E-state index contributed by atoms with van der Waals surface area (Å²) in [4.78, 5) is 11.7. The molecule has 0 saturated carbocycles. The molecular weight excluding hydrogens is 257 g/mol. The van der Waals surface area contributed by atoms with Gasteiger partial charge in [0.2, 0.25) is 0 Å². The number of hydrogen-bond acceptors (Lipinski definition) is 3. The van der Waals surface area contributed by atoms with Gasteiger partial charge < -0.3 is 4.74 Å². The summed E-state index contributed by atoms with van der Waals surface area (Å²) in [5, 5.41) is 9.45. The number of rotatable bonds is 4. The highest BCUT2D eigenvalue weighted by Gasteiger charge is 2.36. The van der Waals surface area contributed by atoms with Crippen LogP contribution in [0.5, 0.6) is 0 Å². The van der Waals surface area contributed by atoms with E-state index < -0.39 is 17.2 Å². The molecule has 1 unspecified atom stereocenters. The van der Waals surface area contributed by atoms with Crippen molar-refractivity contribution in [2.24, 2.45) is 5.41 Å². The third kappa shape index (κ3) is 3.21. The van der Waals surface area contributed by atoms with Crippen LogP contribution in [0.4, 0.5) is 4.39 Å². The van der Waals surface area contributed by atoms with Crippen LogP contribution in [0, 0.1) is 22.6 Å². The van der Waals surface area contributed by atoms with Gasteiger partial charge in [-0.2, -0.15) is 5.26 Å². The molecule has 96 valence electrons. The predicted molar refractivity (Wildman–Crippen MR) is 65.5 cm³/mol. The highest BCUT2D eigenvalue weighted by atomic mass is 35.5. The van der Waals surface area contributed by atoms with Gasteiger partial charge in [0, 0.05) is 11.4 Å². The minimum atomic E-state index is -1.42. The van der Waals surface area contributed by atoms with Crippen molar-refractivity contribution in [2.75, 3.05) is 6.61 Å². The fourth-order valence-electron chi connectivity index (χ4n) is 1.51. The van der Waals surface area contributed by atoms with Gasteiger partial charge in [-0.1, -0.05) is 11.6 Å². The summed E-state index contributed by atoms with van der Waals surface area (Å²) in [6.07, 6.45) is -0.0747. The summed E-state index contributed by atoms with van der Waals surface area (Å²) in [6.45, 7) is 3.25. The van der Waals surface area contributed by atoms with E-state index in [4.69, 9.17) is 21.6 Å². The summed E-state index contributed by atoms with van der Waals surface area (Å²) >= 11 is 5.76. The maximum absolute atomic E-state index is 13.6. The Kier molecular flexibility index (Phi) is 4.69. The topological polar surface area (TPSA) is 50.1 Å². The van der Waals surface area contributed by atoms with Crippen LogP contribution >= 0.6 is 11.6 Å². The van der Waals surface area contributed by atoms with E-state index in [1.165, 1.54) is 25.1 Å². The monoisotopic (exact) mass is 269 g/mol. The van der Waals surface area contributed by atoms with Crippen molar-refractivity contribution in [3.63, 3.8) is 0 Å². The number of nitriles is 1. The highest BCUT2D eigenvalue weighted by Crippen LogP contribution is 2.26. The molecule has 0 radical (unpaired) electrons. The fraction of sp³-hybridized carbons (Fsp3) is 0.385. The molecule has 0 aliphatic rings. The van der Waals surface area contributed by atoms with Crippen molar-refractivity contribution in [3.8, 4) is 6.07 Å². The van der Waals surface area contributed by atoms with E-state index in [-0.39, 0.29) is 18.6 Å². The fourth-order valence-corrected chi connectivity index (χ4v) is 1.70. The molecule has 0 heterocycles. The average Bonchev–Trinajstić information content (AvgIpc) is 2.34. The van der Waals surface area contributed by atoms with Crippen LogP contribution in [0.2, 0.25) is 5.02 Å². The molecule has 1 aromatic carbocycles. The molecule has 0 saturated heterocycles. The highest BCUT2D eigenvalue weighted by molar-refractivity contribution is 6.30. The average molecular weight is 270 g/mol. The first-order chi connectivity index (χ1) is 8.42. The SMILES string of the molecule is CCOC(=O)C(C)(C#N)Cc1cc(Cl)ccc1F. The molecule has 0 aliphatic carbocycles. The van der Waals surface area contributed by atoms with E-state index in [9.17, 15) is 9.18 Å². The zero-order valence-electron chi connectivity index (χ0n) is 10.2. The third-order valence-electron chi connectivity index (χ3n) is 2.52. The largest absolute Gasteiger partial charge is 0.465 e. The molecule has 0 aliphatic heterocycles. The van der Waals surface area contributed by atoms with Gasteiger partial charge >= 0.3 is 5.97 Å². The Labute approximate surface area is 110 Å². The van der Waals surface area contributed by atoms with Gasteiger partial charge in [-0.05, 0) is 37.6 Å². The summed E-state index contributed by atoms with van der Waals surface area (Å²) in [6, 6.07) is 5.90. The first kappa shape index (κ1) is 14.5. The third-order valence-corrected chi connectivity index (χ3v) is 2.76. The van der Waals surface area contributed by atoms with Crippen molar-refractivity contribution in [2.45, 2.75) is 20.3 Å². The maximum atomic E-state index is 13.6. The van der Waals surface area contributed by atoms with Crippen molar-refractivity contribution in [1.82, 2.24) is 0 Å². The molecule has 0 amide bonds. The second kappa shape index (κ2) is 5.83. The lowest BCUT2D eigenvalue weighted by Gasteiger charge is -2.19. The molecule has 0 spiro atoms. The summed E-state index contributed by atoms with van der Waals surface area (Å²) in [7, 11) is 0. The molecule has 0 fully saturated rings. The first-order valence-corrected chi connectivity index (χ1v) is 5.83. The summed E-state index contributed by atoms with van der Waals surface area (Å²) < 4.78 is 18.4. The van der Waals surface area contributed by atoms with Crippen molar-refractivity contribution in [3.05, 3.63) is 34.6 Å². The Morgan fingerprint density at radius 1 is 1.61 bits per heavy atom. The number of esters is 1. The molecule has 1 atom stereocenters. The Bertz CT molecular complexity index is 498. The molecular formula is C13H13ClFNO2. The lowest BCUT2D eigenvalue weighted by atomic mass is 9.85. The number of carbonyl (C=O) groups excluding carboxylic acids is 1. The van der Waals surface area contributed by atoms with Gasteiger partial charge in [0.15, 0.2) is 5.41 Å². The van der Waals surface area contributed by atoms with Gasteiger partial charge in [-0.3, -0.25) is 4.79 Å². The van der Waals surface area contributed by atoms with Gasteiger partial charge in [-0.25, -0.2) is 4.39 Å². The van der Waals surface area contributed by atoms with Crippen molar-refractivity contribution in [1.29, 1.82) is 5.26 Å². The molecule has 0 N–H and O–H groups in total. The van der Waals surface area contributed by atoms with Crippen molar-refractivity contribution < 1.29 is 13.9 Å². The molecule has 3 nitrogen and oxygen atoms in total. The quantitative estimate of drug-likeness (QED) is 0.789. The van der Waals surface area contributed by atoms with Gasteiger partial charge in [0.05, 0.1) is 12.7 Å². The minimum Gasteiger partial charge on any atom is -0.465 e. The number of benzene rings is 1. The van der Waals surface area contributed by atoms with Gasteiger partial charge in [-0.15, -0.1) is 0 Å². The number of nitrogens with zero attached hydrogens (tertiary/aromatic N) is 1. The zero-order chi connectivity index (χ0) is 13.8. The van der Waals surface area contributed by atoms with Crippen LogP contribution in [0.1, 0.15) is 19.4 Å². The molecule has 0 bridgehead atoms. The van der Waals surface area contributed by atoms with E-state index in [0.29, 0.717) is 5.02 Å². The van der Waals surface area contributed by atoms with Gasteiger partial charge in [0.1, 0.15) is 5.82 Å². The Morgan fingerprint density at radius 3 is 2.83 bits per heavy atom. The lowest BCUT2D eigenvalue weighted by Crippen LogP contribution is -2.31. The molecule has 18 heavy (non-hydrogen) atoms. The van der Waals surface area contributed by atoms with Crippen LogP contribution in [0.25, 0.3) is 0 Å². The number of carbonyl (C=O) groups is 1. The van der Waals surface area contributed by atoms with Crippen LogP contribution in [-0.2, 0) is 16.0 Å². The smallest absolute Gasteiger partial charge is 0.326 e. The normalized spacial score (nSPS) is 13.5. The first-order valence-electron chi connectivity index (χ1n) is 5.45. The molecule has 5 heteroatoms. The summed E-state index contributed by atoms with van der Waals surface area (Å²) in [5.41, 5.74) is -1.19. The second-order valence-corrected chi connectivity index (χ2v) is 4.51. The molecule has 1 rings (SSSR count). The lowest BCUT2D eigenvalue weighted by molar-refractivity contribution is -0.151. The van der Waals surface area contributed by atoms with Crippen LogP contribution in [0.3, 0.4) is 0 Å². The van der Waals surface area contributed by atoms with Crippen molar-refractivity contribution >= 4 is 17.6 Å². The van der Waals surface area contributed by atoms with E-state index in [1.807, 2.05) is 6.07 Å². The van der Waals surface area contributed by atoms with E-state index in [2.05, 4.69) is 0 Å². The molecule has 0 aromatic heterocycles. The zero-order valence-corrected chi connectivity index (χ0v) is 10.9. The Balaban J connectivity index is 3.02. The number of ether oxygens (including phenoxy) is 1. The van der Waals surface area contributed by atoms with Crippen LogP contribution in [0.15, 0.2) is 18.2 Å². The number of hydrogen-bond donors (Lipinski definition) is 0. The Morgan fingerprint density at radius 2 is 2.28 bits per heavy atom. The standard InChI is InChI=1S/C13H13ClFNO2/c1-3-18-12(17)13(2,8-16)7-9-6-10(14)4-5-11(9)15/h4-6H,3,7H2,1-2H3. The Hall–Kier alpha value is -1.60. The van der Waals surface area contributed by atoms with E-state index >= 15 is 0 Å². The molecule has 1 aromatic rings. The van der Waals surface area contributed by atoms with E-state index in [1.54, 1.807) is 6.92 Å². The predicted octanol–water partition coefficient (Wildman–Crippen LogP) is 3.11. The number of halogens is 2. The minimum absolute atomic E-state index is 0.0747. The van der Waals surface area contributed by atoms with Gasteiger partial charge in [0.25, 0.3) is 0 Å². The van der Waals surface area contributed by atoms with Crippen LogP contribution in [-0.4, -0.2) is 12.6 Å². The second-order valence-electron chi connectivity index (χ2n) is 4.08. The van der Waals surface area contributed by atoms with E-state index in [0.717, 1.165) is 0 Å². The maximum Gasteiger partial charge on any atom is 0.326 e. The van der Waals surface area contributed by atoms with Crippen LogP contribution < -0.4 is 0 Å². The summed E-state index contributed by atoms with van der Waals surface area (Å²) in [5.74, 6) is -1.16.